The van der Waals surface area contributed by atoms with Crippen molar-refractivity contribution in [3.8, 4) is 0 Å². The van der Waals surface area contributed by atoms with Gasteiger partial charge >= 0.3 is 11.4 Å². The molecule has 76 valence electrons. The molecule has 0 heterocycles. The Morgan fingerprint density at radius 1 is 1.13 bits per heavy atom. The van der Waals surface area contributed by atoms with E-state index >= 15 is 0 Å². The lowest BCUT2D eigenvalue weighted by atomic mass is 10.2. The Labute approximate surface area is 82.2 Å². The molecule has 0 unspecified atom stereocenters. The number of nitro benzene ring substituents is 2. The molecule has 0 fully saturated rings. The molecule has 0 saturated heterocycles. The number of carbonyl (C=O) groups excluding carboxylic acids is 1. The van der Waals surface area contributed by atoms with E-state index in [1.54, 1.807) is 0 Å². The molecule has 0 bridgehead atoms. The van der Waals surface area contributed by atoms with Gasteiger partial charge in [0, 0.05) is 12.1 Å². The average Bonchev–Trinajstić information content (AvgIpc) is 2.17. The molecule has 1 aromatic rings. The standard InChI is InChI=1S/C7H3N3O5/c11-4-8-7-5(9(12)13)2-1-3-6(7)10(14)15/h1-3H. The molecule has 0 spiro atoms. The molecule has 8 nitrogen and oxygen atoms in total. The Morgan fingerprint density at radius 2 is 1.60 bits per heavy atom. The summed E-state index contributed by atoms with van der Waals surface area (Å²) in [7, 11) is 0. The van der Waals surface area contributed by atoms with Gasteiger partial charge in [-0.3, -0.25) is 20.2 Å². The van der Waals surface area contributed by atoms with Crippen molar-refractivity contribution in [2.45, 2.75) is 0 Å². The van der Waals surface area contributed by atoms with Crippen LogP contribution in [0, 0.1) is 20.2 Å². The van der Waals surface area contributed by atoms with Crippen molar-refractivity contribution in [1.29, 1.82) is 0 Å². The van der Waals surface area contributed by atoms with Gasteiger partial charge in [-0.2, -0.15) is 4.99 Å². The van der Waals surface area contributed by atoms with Crippen molar-refractivity contribution in [2.75, 3.05) is 0 Å². The number of hydrogen-bond donors (Lipinski definition) is 0. The first-order valence-corrected chi connectivity index (χ1v) is 3.57. The van der Waals surface area contributed by atoms with E-state index in [4.69, 9.17) is 0 Å². The van der Waals surface area contributed by atoms with Gasteiger partial charge < -0.3 is 0 Å². The molecule has 0 aliphatic heterocycles. The fourth-order valence-corrected chi connectivity index (χ4v) is 0.974. The smallest absolute Gasteiger partial charge is 0.258 e. The van der Waals surface area contributed by atoms with Crippen molar-refractivity contribution in [3.05, 3.63) is 38.4 Å². The molecular formula is C7H3N3O5. The Balaban J connectivity index is 3.55. The highest BCUT2D eigenvalue weighted by Crippen LogP contribution is 2.35. The molecule has 1 aromatic carbocycles. The van der Waals surface area contributed by atoms with Crippen molar-refractivity contribution >= 4 is 23.1 Å². The van der Waals surface area contributed by atoms with Crippen LogP contribution in [0.4, 0.5) is 17.1 Å². The predicted octanol–water partition coefficient (Wildman–Crippen LogP) is 1.47. The average molecular weight is 209 g/mol. The summed E-state index contributed by atoms with van der Waals surface area (Å²) in [5, 5.41) is 20.9. The molecule has 15 heavy (non-hydrogen) atoms. The zero-order valence-electron chi connectivity index (χ0n) is 7.11. The van der Waals surface area contributed by atoms with E-state index in [-0.39, 0.29) is 0 Å². The molecule has 0 atom stereocenters. The van der Waals surface area contributed by atoms with Gasteiger partial charge in [-0.25, -0.2) is 4.79 Å². The summed E-state index contributed by atoms with van der Waals surface area (Å²) in [6.45, 7) is 0. The second-order valence-electron chi connectivity index (χ2n) is 2.36. The lowest BCUT2D eigenvalue weighted by molar-refractivity contribution is -0.392. The number of benzene rings is 1. The third kappa shape index (κ3) is 2.01. The lowest BCUT2D eigenvalue weighted by Gasteiger charge is -1.96. The summed E-state index contributed by atoms with van der Waals surface area (Å²) in [4.78, 5) is 32.2. The SMILES string of the molecule is O=C=Nc1c([N+](=O)[O-])cccc1[N+](=O)[O-]. The number of isocyanates is 1. The van der Waals surface area contributed by atoms with Crippen molar-refractivity contribution in [3.63, 3.8) is 0 Å². The minimum absolute atomic E-state index is 0.595. The van der Waals surface area contributed by atoms with Gasteiger partial charge in [0.25, 0.3) is 0 Å². The maximum absolute atomic E-state index is 10.5. The van der Waals surface area contributed by atoms with Crippen LogP contribution in [0.5, 0.6) is 0 Å². The van der Waals surface area contributed by atoms with Crippen LogP contribution in [0.3, 0.4) is 0 Å². The monoisotopic (exact) mass is 209 g/mol. The molecule has 0 amide bonds. The third-order valence-corrected chi connectivity index (χ3v) is 1.54. The normalized spacial score (nSPS) is 9.07. The van der Waals surface area contributed by atoms with E-state index in [9.17, 15) is 25.0 Å². The van der Waals surface area contributed by atoms with Crippen molar-refractivity contribution in [1.82, 2.24) is 0 Å². The second kappa shape index (κ2) is 4.07. The van der Waals surface area contributed by atoms with Crippen LogP contribution in [0.1, 0.15) is 0 Å². The minimum Gasteiger partial charge on any atom is -0.258 e. The highest BCUT2D eigenvalue weighted by molar-refractivity contribution is 5.72. The van der Waals surface area contributed by atoms with Gasteiger partial charge in [-0.1, -0.05) is 0 Å². The van der Waals surface area contributed by atoms with Crippen molar-refractivity contribution in [2.24, 2.45) is 4.99 Å². The zero-order chi connectivity index (χ0) is 11.4. The van der Waals surface area contributed by atoms with Gasteiger partial charge in [0.15, 0.2) is 0 Å². The lowest BCUT2D eigenvalue weighted by Crippen LogP contribution is -1.93. The van der Waals surface area contributed by atoms with E-state index in [2.05, 4.69) is 4.99 Å². The molecule has 0 N–H and O–H groups in total. The van der Waals surface area contributed by atoms with E-state index in [1.807, 2.05) is 0 Å². The summed E-state index contributed by atoms with van der Waals surface area (Å²) in [5.41, 5.74) is -1.80. The number of rotatable bonds is 3. The van der Waals surface area contributed by atoms with Crippen LogP contribution >= 0.6 is 0 Å². The summed E-state index contributed by atoms with van der Waals surface area (Å²) in [6.07, 6.45) is 1.04. The summed E-state index contributed by atoms with van der Waals surface area (Å²) >= 11 is 0. The predicted molar refractivity (Wildman–Crippen MR) is 47.5 cm³/mol. The topological polar surface area (TPSA) is 116 Å². The van der Waals surface area contributed by atoms with E-state index in [0.29, 0.717) is 0 Å². The fraction of sp³-hybridized carbons (Fsp3) is 0. The highest BCUT2D eigenvalue weighted by atomic mass is 16.6. The fourth-order valence-electron chi connectivity index (χ4n) is 0.974. The Hall–Kier alpha value is -2.60. The maximum atomic E-state index is 10.5. The Kier molecular flexibility index (Phi) is 2.85. The van der Waals surface area contributed by atoms with Crippen LogP contribution in [-0.2, 0) is 4.79 Å². The first kappa shape index (κ1) is 10.5. The van der Waals surface area contributed by atoms with E-state index in [1.165, 1.54) is 0 Å². The van der Waals surface area contributed by atoms with Gasteiger partial charge in [0.1, 0.15) is 0 Å². The quantitative estimate of drug-likeness (QED) is 0.323. The number of nitro groups is 2. The number of aliphatic imine (C=N–C) groups is 1. The molecule has 8 heteroatoms. The van der Waals surface area contributed by atoms with Crippen LogP contribution in [0.15, 0.2) is 23.2 Å². The van der Waals surface area contributed by atoms with Crippen LogP contribution in [0.2, 0.25) is 0 Å². The van der Waals surface area contributed by atoms with Crippen LogP contribution < -0.4 is 0 Å². The molecule has 0 aromatic heterocycles. The third-order valence-electron chi connectivity index (χ3n) is 1.54. The van der Waals surface area contributed by atoms with Crippen molar-refractivity contribution < 1.29 is 14.6 Å². The Morgan fingerprint density at radius 3 is 1.93 bits per heavy atom. The number of para-hydroxylation sites is 1. The summed E-state index contributed by atoms with van der Waals surface area (Å²) < 4.78 is 0. The first-order valence-electron chi connectivity index (χ1n) is 3.57. The summed E-state index contributed by atoms with van der Waals surface area (Å²) in [6, 6.07) is 3.17. The van der Waals surface area contributed by atoms with E-state index < -0.39 is 26.9 Å². The molecule has 1 rings (SSSR count). The molecule has 0 aliphatic rings. The largest absolute Gasteiger partial charge is 0.302 e. The minimum atomic E-state index is -0.858. The summed E-state index contributed by atoms with van der Waals surface area (Å²) in [5.74, 6) is 0. The van der Waals surface area contributed by atoms with Gasteiger partial charge in [0.05, 0.1) is 9.85 Å². The van der Waals surface area contributed by atoms with Gasteiger partial charge in [-0.05, 0) is 6.07 Å². The van der Waals surface area contributed by atoms with Gasteiger partial charge in [0.2, 0.25) is 11.8 Å². The van der Waals surface area contributed by atoms with E-state index in [0.717, 1.165) is 24.3 Å². The molecule has 0 radical (unpaired) electrons. The Bertz CT molecular complexity index is 445. The molecule has 0 saturated carbocycles. The molecule has 0 aliphatic carbocycles. The van der Waals surface area contributed by atoms with Crippen LogP contribution in [-0.4, -0.2) is 15.9 Å². The second-order valence-corrected chi connectivity index (χ2v) is 2.36. The number of nitrogens with zero attached hydrogens (tertiary/aromatic N) is 3. The number of hydrogen-bond acceptors (Lipinski definition) is 6. The first-order chi connectivity index (χ1) is 7.07. The maximum Gasteiger partial charge on any atom is 0.302 e. The highest BCUT2D eigenvalue weighted by Gasteiger charge is 2.24. The molecular weight excluding hydrogens is 206 g/mol. The van der Waals surface area contributed by atoms with Gasteiger partial charge in [-0.15, -0.1) is 0 Å². The van der Waals surface area contributed by atoms with Crippen LogP contribution in [0.25, 0.3) is 0 Å². The zero-order valence-corrected chi connectivity index (χ0v) is 7.11.